The van der Waals surface area contributed by atoms with Gasteiger partial charge in [0.2, 0.25) is 0 Å². The Morgan fingerprint density at radius 1 is 1.09 bits per heavy atom. The van der Waals surface area contributed by atoms with E-state index in [1.54, 1.807) is 35.2 Å². The molecule has 1 N–H and O–H groups in total. The number of piperazine rings is 1. The summed E-state index contributed by atoms with van der Waals surface area (Å²) in [6, 6.07) is 10.9. The molecule has 0 spiro atoms. The summed E-state index contributed by atoms with van der Waals surface area (Å²) in [5.74, 6) is -1.26. The highest BCUT2D eigenvalue weighted by atomic mass is 35.5. The lowest BCUT2D eigenvalue weighted by atomic mass is 10.1. The summed E-state index contributed by atoms with van der Waals surface area (Å²) in [6.07, 6.45) is -3.82. The summed E-state index contributed by atoms with van der Waals surface area (Å²) in [6.45, 7) is 0.574. The predicted molar refractivity (Wildman–Crippen MR) is 119 cm³/mol. The Morgan fingerprint density at radius 3 is 2.47 bits per heavy atom. The Balaban J connectivity index is 1.33. The number of rotatable bonds is 4. The number of carbonyl (C=O) groups is 2. The van der Waals surface area contributed by atoms with E-state index in [0.29, 0.717) is 18.5 Å². The van der Waals surface area contributed by atoms with Gasteiger partial charge in [0.1, 0.15) is 17.1 Å². The normalized spacial score (nSPS) is 14.4. The van der Waals surface area contributed by atoms with Gasteiger partial charge in [0, 0.05) is 37.8 Å². The average Bonchev–Trinajstić information content (AvgIpc) is 2.82. The number of phenolic OH excluding ortho intramolecular Hbond substituents is 1. The highest BCUT2D eigenvalue weighted by molar-refractivity contribution is 6.33. The molecule has 1 saturated heterocycles. The molecule has 0 aliphatic carbocycles. The summed E-state index contributed by atoms with van der Waals surface area (Å²) >= 11 is 6.00. The smallest absolute Gasteiger partial charge is 0.417 e. The molecule has 0 unspecified atom stereocenters. The molecular weight excluding hydrogens is 475 g/mol. The second-order valence-electron chi connectivity index (χ2n) is 7.65. The second-order valence-corrected chi connectivity index (χ2v) is 8.06. The van der Waals surface area contributed by atoms with Gasteiger partial charge in [-0.15, -0.1) is 0 Å². The lowest BCUT2D eigenvalue weighted by molar-refractivity contribution is -0.138. The van der Waals surface area contributed by atoms with Gasteiger partial charge in [-0.05, 0) is 17.5 Å². The number of nitrogens with zero attached hydrogens (tertiary/aromatic N) is 3. The van der Waals surface area contributed by atoms with Crippen molar-refractivity contribution in [3.63, 3.8) is 0 Å². The van der Waals surface area contributed by atoms with Gasteiger partial charge in [-0.1, -0.05) is 41.9 Å². The van der Waals surface area contributed by atoms with Crippen molar-refractivity contribution in [2.75, 3.05) is 37.7 Å². The fourth-order valence-electron chi connectivity index (χ4n) is 3.70. The first-order valence-electron chi connectivity index (χ1n) is 10.3. The van der Waals surface area contributed by atoms with Crippen LogP contribution in [0.25, 0.3) is 10.8 Å². The predicted octanol–water partition coefficient (Wildman–Crippen LogP) is 4.12. The van der Waals surface area contributed by atoms with Crippen LogP contribution in [0.1, 0.15) is 15.9 Å². The maximum Gasteiger partial charge on any atom is 0.417 e. The fraction of sp³-hybridized carbons (Fsp3) is 0.261. The van der Waals surface area contributed by atoms with Gasteiger partial charge in [-0.2, -0.15) is 13.2 Å². The number of hydrogen-bond donors (Lipinski definition) is 1. The summed E-state index contributed by atoms with van der Waals surface area (Å²) < 4.78 is 43.5. The zero-order valence-corrected chi connectivity index (χ0v) is 18.4. The monoisotopic (exact) mass is 493 g/mol. The maximum absolute atomic E-state index is 12.8. The number of anilines is 1. The highest BCUT2D eigenvalue weighted by Crippen LogP contribution is 2.34. The van der Waals surface area contributed by atoms with Crippen molar-refractivity contribution in [3.8, 4) is 5.75 Å². The van der Waals surface area contributed by atoms with Gasteiger partial charge >= 0.3 is 12.1 Å². The fourth-order valence-corrected chi connectivity index (χ4v) is 3.99. The quantitative estimate of drug-likeness (QED) is 0.551. The van der Waals surface area contributed by atoms with Gasteiger partial charge in [-0.25, -0.2) is 9.78 Å². The van der Waals surface area contributed by atoms with Crippen molar-refractivity contribution < 1.29 is 32.6 Å². The molecule has 1 aromatic heterocycles. The van der Waals surface area contributed by atoms with Crippen molar-refractivity contribution >= 4 is 40.1 Å². The number of hydrogen-bond acceptors (Lipinski definition) is 6. The first-order valence-corrected chi connectivity index (χ1v) is 10.7. The third-order valence-electron chi connectivity index (χ3n) is 5.53. The number of fused-ring (bicyclic) bond motifs is 1. The summed E-state index contributed by atoms with van der Waals surface area (Å²) in [5, 5.41) is 11.5. The van der Waals surface area contributed by atoms with Crippen molar-refractivity contribution in [1.29, 1.82) is 0 Å². The zero-order chi connectivity index (χ0) is 24.5. The van der Waals surface area contributed by atoms with Crippen LogP contribution in [0.3, 0.4) is 0 Å². The number of benzene rings is 2. The van der Waals surface area contributed by atoms with E-state index in [1.807, 2.05) is 0 Å². The number of halogens is 4. The molecule has 7 nitrogen and oxygen atoms in total. The zero-order valence-electron chi connectivity index (χ0n) is 17.7. The third-order valence-corrected chi connectivity index (χ3v) is 5.81. The number of aromatic hydroxyl groups is 1. The van der Waals surface area contributed by atoms with Crippen molar-refractivity contribution in [1.82, 2.24) is 9.88 Å². The summed E-state index contributed by atoms with van der Waals surface area (Å²) in [4.78, 5) is 31.9. The van der Waals surface area contributed by atoms with Crippen molar-refractivity contribution in [2.24, 2.45) is 0 Å². The number of pyridine rings is 1. The molecule has 34 heavy (non-hydrogen) atoms. The maximum atomic E-state index is 12.8. The molecule has 1 aliphatic rings. The minimum Gasteiger partial charge on any atom is -0.506 e. The SMILES string of the molecule is O=C(OCC(=O)N1CCN(c2ncc(C(F)(F)F)cc2Cl)CC1)c1ccc2ccccc2c1O. The van der Waals surface area contributed by atoms with Crippen LogP contribution in [-0.2, 0) is 15.7 Å². The number of phenols is 1. The van der Waals surface area contributed by atoms with Crippen LogP contribution in [0.5, 0.6) is 5.75 Å². The van der Waals surface area contributed by atoms with E-state index in [0.717, 1.165) is 17.6 Å². The van der Waals surface area contributed by atoms with Crippen molar-refractivity contribution in [3.05, 3.63) is 64.8 Å². The van der Waals surface area contributed by atoms with E-state index >= 15 is 0 Å². The molecule has 178 valence electrons. The topological polar surface area (TPSA) is 83.0 Å². The first-order chi connectivity index (χ1) is 16.1. The van der Waals surface area contributed by atoms with Gasteiger partial charge in [0.25, 0.3) is 5.91 Å². The van der Waals surface area contributed by atoms with Crippen LogP contribution in [0.15, 0.2) is 48.7 Å². The van der Waals surface area contributed by atoms with Crippen molar-refractivity contribution in [2.45, 2.75) is 6.18 Å². The van der Waals surface area contributed by atoms with E-state index in [9.17, 15) is 27.9 Å². The number of aromatic nitrogens is 1. The number of alkyl halides is 3. The van der Waals surface area contributed by atoms with E-state index in [-0.39, 0.29) is 35.2 Å². The molecule has 4 rings (SSSR count). The molecule has 0 saturated carbocycles. The van der Waals surface area contributed by atoms with Gasteiger partial charge < -0.3 is 19.6 Å². The number of carbonyl (C=O) groups excluding carboxylic acids is 2. The van der Waals surface area contributed by atoms with E-state index in [4.69, 9.17) is 16.3 Å². The van der Waals surface area contributed by atoms with E-state index in [1.165, 1.54) is 11.0 Å². The van der Waals surface area contributed by atoms with Crippen LogP contribution >= 0.6 is 11.6 Å². The summed E-state index contributed by atoms with van der Waals surface area (Å²) in [7, 11) is 0. The number of ether oxygens (including phenoxy) is 1. The van der Waals surface area contributed by atoms with Crippen LogP contribution in [0, 0.1) is 0 Å². The molecule has 11 heteroatoms. The van der Waals surface area contributed by atoms with E-state index < -0.39 is 30.2 Å². The Morgan fingerprint density at radius 2 is 1.79 bits per heavy atom. The molecular formula is C23H19ClF3N3O4. The Bertz CT molecular complexity index is 1240. The molecule has 0 bridgehead atoms. The van der Waals surface area contributed by atoms with Gasteiger partial charge in [-0.3, -0.25) is 4.79 Å². The molecule has 1 fully saturated rings. The third kappa shape index (κ3) is 4.86. The minimum absolute atomic E-state index is 0.0423. The number of amides is 1. The van der Waals surface area contributed by atoms with E-state index in [2.05, 4.69) is 4.98 Å². The molecule has 0 atom stereocenters. The second kappa shape index (κ2) is 9.38. The summed E-state index contributed by atoms with van der Waals surface area (Å²) in [5.41, 5.74) is -0.978. The molecule has 2 aromatic carbocycles. The Kier molecular flexibility index (Phi) is 6.52. The Hall–Kier alpha value is -3.53. The van der Waals surface area contributed by atoms with Gasteiger partial charge in [0.15, 0.2) is 6.61 Å². The molecule has 2 heterocycles. The lowest BCUT2D eigenvalue weighted by Gasteiger charge is -2.35. The standard InChI is InChI=1S/C23H19ClF3N3O4/c24-18-11-15(23(25,26)27)12-28-21(18)30-9-7-29(8-10-30)19(31)13-34-22(33)17-6-5-14-3-1-2-4-16(14)20(17)32/h1-6,11-12,32H,7-10,13H2. The van der Waals surface area contributed by atoms with Crippen LogP contribution in [-0.4, -0.2) is 59.7 Å². The molecule has 3 aromatic rings. The molecule has 0 radical (unpaired) electrons. The largest absolute Gasteiger partial charge is 0.506 e. The highest BCUT2D eigenvalue weighted by Gasteiger charge is 2.32. The number of esters is 1. The average molecular weight is 494 g/mol. The lowest BCUT2D eigenvalue weighted by Crippen LogP contribution is -2.50. The van der Waals surface area contributed by atoms with Crippen LogP contribution < -0.4 is 4.90 Å². The van der Waals surface area contributed by atoms with Crippen LogP contribution in [0.2, 0.25) is 5.02 Å². The van der Waals surface area contributed by atoms with Gasteiger partial charge in [0.05, 0.1) is 10.6 Å². The molecule has 1 aliphatic heterocycles. The Labute approximate surface area is 197 Å². The van der Waals surface area contributed by atoms with Crippen LogP contribution in [0.4, 0.5) is 19.0 Å². The minimum atomic E-state index is -4.54. The first kappa shape index (κ1) is 23.6. The molecule has 1 amide bonds.